The van der Waals surface area contributed by atoms with Gasteiger partial charge in [0.05, 0.1) is 6.54 Å². The first-order valence-corrected chi connectivity index (χ1v) is 6.05. The minimum atomic E-state index is -1.53. The van der Waals surface area contributed by atoms with E-state index in [1.54, 1.807) is 4.90 Å². The standard InChI is InChI=1S/C11H20N2O4/c14-9(10(15)16)8-12-11(17)13-6-4-2-1-3-5-7-13/h9,14H,1-8H2,(H,12,17)(H,15,16). The molecule has 98 valence electrons. The highest BCUT2D eigenvalue weighted by molar-refractivity contribution is 5.76. The van der Waals surface area contributed by atoms with E-state index in [0.29, 0.717) is 13.1 Å². The maximum Gasteiger partial charge on any atom is 0.334 e. The summed E-state index contributed by atoms with van der Waals surface area (Å²) < 4.78 is 0. The van der Waals surface area contributed by atoms with Crippen molar-refractivity contribution < 1.29 is 19.8 Å². The minimum absolute atomic E-state index is 0.245. The number of rotatable bonds is 3. The van der Waals surface area contributed by atoms with Crippen molar-refractivity contribution in [2.45, 2.75) is 38.2 Å². The smallest absolute Gasteiger partial charge is 0.334 e. The van der Waals surface area contributed by atoms with E-state index in [-0.39, 0.29) is 12.6 Å². The van der Waals surface area contributed by atoms with Gasteiger partial charge in [0.25, 0.3) is 0 Å². The summed E-state index contributed by atoms with van der Waals surface area (Å²) in [7, 11) is 0. The number of carbonyl (C=O) groups is 2. The van der Waals surface area contributed by atoms with Crippen LogP contribution in [0.3, 0.4) is 0 Å². The summed E-state index contributed by atoms with van der Waals surface area (Å²) in [5.41, 5.74) is 0. The third-order valence-electron chi connectivity index (χ3n) is 2.87. The van der Waals surface area contributed by atoms with Crippen LogP contribution in [0.5, 0.6) is 0 Å². The van der Waals surface area contributed by atoms with Gasteiger partial charge in [-0.3, -0.25) is 0 Å². The summed E-state index contributed by atoms with van der Waals surface area (Å²) in [6.45, 7) is 1.16. The summed E-state index contributed by atoms with van der Waals surface area (Å²) in [5, 5.41) is 20.0. The number of nitrogens with zero attached hydrogens (tertiary/aromatic N) is 1. The topological polar surface area (TPSA) is 89.9 Å². The highest BCUT2D eigenvalue weighted by Gasteiger charge is 2.18. The maximum absolute atomic E-state index is 11.7. The van der Waals surface area contributed by atoms with Crippen LogP contribution in [-0.4, -0.2) is 52.9 Å². The molecule has 3 N–H and O–H groups in total. The number of hydrogen-bond acceptors (Lipinski definition) is 3. The SMILES string of the molecule is O=C(O)C(O)CNC(=O)N1CCCCCCC1. The average molecular weight is 244 g/mol. The number of amides is 2. The van der Waals surface area contributed by atoms with Crippen LogP contribution in [-0.2, 0) is 4.79 Å². The lowest BCUT2D eigenvalue weighted by Gasteiger charge is -2.25. The van der Waals surface area contributed by atoms with E-state index < -0.39 is 12.1 Å². The second kappa shape index (κ2) is 7.11. The monoisotopic (exact) mass is 244 g/mol. The lowest BCUT2D eigenvalue weighted by atomic mass is 10.1. The van der Waals surface area contributed by atoms with Gasteiger partial charge >= 0.3 is 12.0 Å². The second-order valence-electron chi connectivity index (χ2n) is 4.29. The van der Waals surface area contributed by atoms with E-state index in [1.165, 1.54) is 6.42 Å². The Morgan fingerprint density at radius 1 is 1.12 bits per heavy atom. The number of likely N-dealkylation sites (tertiary alicyclic amines) is 1. The Morgan fingerprint density at radius 3 is 2.18 bits per heavy atom. The van der Waals surface area contributed by atoms with E-state index in [1.807, 2.05) is 0 Å². The number of carboxylic acid groups (broad SMARTS) is 1. The average Bonchev–Trinajstić information content (AvgIpc) is 2.24. The van der Waals surface area contributed by atoms with E-state index in [2.05, 4.69) is 5.32 Å². The number of carboxylic acids is 1. The Kier molecular flexibility index (Phi) is 5.76. The van der Waals surface area contributed by atoms with Gasteiger partial charge in [-0.2, -0.15) is 0 Å². The molecule has 17 heavy (non-hydrogen) atoms. The Morgan fingerprint density at radius 2 is 1.65 bits per heavy atom. The quantitative estimate of drug-likeness (QED) is 0.670. The molecule has 6 nitrogen and oxygen atoms in total. The fraction of sp³-hybridized carbons (Fsp3) is 0.818. The molecule has 1 heterocycles. The lowest BCUT2D eigenvalue weighted by Crippen LogP contribution is -2.45. The van der Waals surface area contributed by atoms with Gasteiger partial charge in [0.2, 0.25) is 0 Å². The number of carbonyl (C=O) groups excluding carboxylic acids is 1. The third-order valence-corrected chi connectivity index (χ3v) is 2.87. The van der Waals surface area contributed by atoms with Crippen molar-refractivity contribution in [3.05, 3.63) is 0 Å². The molecule has 2 amide bonds. The van der Waals surface area contributed by atoms with Crippen LogP contribution in [0.1, 0.15) is 32.1 Å². The molecule has 0 aromatic rings. The van der Waals surface area contributed by atoms with Crippen molar-refractivity contribution in [3.63, 3.8) is 0 Å². The molecule has 0 bridgehead atoms. The van der Waals surface area contributed by atoms with Crippen LogP contribution in [0.2, 0.25) is 0 Å². The number of hydrogen-bond donors (Lipinski definition) is 3. The molecule has 6 heteroatoms. The van der Waals surface area contributed by atoms with E-state index in [9.17, 15) is 9.59 Å². The summed E-state index contributed by atoms with van der Waals surface area (Å²) in [4.78, 5) is 23.8. The van der Waals surface area contributed by atoms with Gasteiger partial charge in [0.1, 0.15) is 0 Å². The van der Waals surface area contributed by atoms with Gasteiger partial charge < -0.3 is 20.4 Å². The molecule has 1 aliphatic heterocycles. The first-order valence-electron chi connectivity index (χ1n) is 6.05. The Balaban J connectivity index is 2.32. The number of aliphatic hydroxyl groups is 1. The van der Waals surface area contributed by atoms with Gasteiger partial charge in [0.15, 0.2) is 6.10 Å². The van der Waals surface area contributed by atoms with Crippen molar-refractivity contribution >= 4 is 12.0 Å². The zero-order valence-electron chi connectivity index (χ0n) is 9.89. The van der Waals surface area contributed by atoms with Crippen molar-refractivity contribution in [1.29, 1.82) is 0 Å². The first-order chi connectivity index (χ1) is 8.11. The van der Waals surface area contributed by atoms with Crippen molar-refractivity contribution in [2.24, 2.45) is 0 Å². The second-order valence-corrected chi connectivity index (χ2v) is 4.29. The van der Waals surface area contributed by atoms with Crippen LogP contribution in [0, 0.1) is 0 Å². The molecule has 0 aromatic heterocycles. The van der Waals surface area contributed by atoms with Crippen molar-refractivity contribution in [3.8, 4) is 0 Å². The van der Waals surface area contributed by atoms with E-state index in [4.69, 9.17) is 10.2 Å². The Labute approximate surface area is 101 Å². The predicted octanol–water partition coefficient (Wildman–Crippen LogP) is 0.408. The number of aliphatic hydroxyl groups excluding tert-OH is 1. The summed E-state index contributed by atoms with van der Waals surface area (Å²) in [6, 6.07) is -0.285. The van der Waals surface area contributed by atoms with Crippen LogP contribution in [0.15, 0.2) is 0 Å². The van der Waals surface area contributed by atoms with Gasteiger partial charge in [-0.25, -0.2) is 9.59 Å². The fourth-order valence-electron chi connectivity index (χ4n) is 1.83. The molecule has 0 aliphatic carbocycles. The zero-order chi connectivity index (χ0) is 12.7. The molecule has 1 rings (SSSR count). The van der Waals surface area contributed by atoms with Gasteiger partial charge in [-0.05, 0) is 12.8 Å². The molecule has 1 fully saturated rings. The Bertz CT molecular complexity index is 262. The fourth-order valence-corrected chi connectivity index (χ4v) is 1.83. The molecule has 1 atom stereocenters. The molecule has 1 saturated heterocycles. The molecule has 0 radical (unpaired) electrons. The highest BCUT2D eigenvalue weighted by Crippen LogP contribution is 2.10. The van der Waals surface area contributed by atoms with Crippen LogP contribution in [0.25, 0.3) is 0 Å². The normalized spacial score (nSPS) is 19.0. The van der Waals surface area contributed by atoms with Crippen molar-refractivity contribution in [2.75, 3.05) is 19.6 Å². The molecule has 0 aromatic carbocycles. The number of urea groups is 1. The molecular formula is C11H20N2O4. The highest BCUT2D eigenvalue weighted by atomic mass is 16.4. The minimum Gasteiger partial charge on any atom is -0.479 e. The number of nitrogens with one attached hydrogen (secondary N) is 1. The largest absolute Gasteiger partial charge is 0.479 e. The summed E-state index contributed by atoms with van der Waals surface area (Å²) in [6.07, 6.45) is 3.90. The van der Waals surface area contributed by atoms with Crippen molar-refractivity contribution in [1.82, 2.24) is 10.2 Å². The maximum atomic E-state index is 11.7. The zero-order valence-corrected chi connectivity index (χ0v) is 9.89. The lowest BCUT2D eigenvalue weighted by molar-refractivity contribution is -0.146. The number of aliphatic carboxylic acids is 1. The molecule has 0 spiro atoms. The molecule has 1 unspecified atom stereocenters. The summed E-state index contributed by atoms with van der Waals surface area (Å²) >= 11 is 0. The van der Waals surface area contributed by atoms with Gasteiger partial charge in [0, 0.05) is 13.1 Å². The predicted molar refractivity (Wildman–Crippen MR) is 61.7 cm³/mol. The van der Waals surface area contributed by atoms with E-state index in [0.717, 1.165) is 25.7 Å². The molecular weight excluding hydrogens is 224 g/mol. The van der Waals surface area contributed by atoms with Crippen LogP contribution in [0.4, 0.5) is 4.79 Å². The van der Waals surface area contributed by atoms with Crippen LogP contribution >= 0.6 is 0 Å². The van der Waals surface area contributed by atoms with E-state index >= 15 is 0 Å². The van der Waals surface area contributed by atoms with Gasteiger partial charge in [-0.15, -0.1) is 0 Å². The summed E-state index contributed by atoms with van der Waals surface area (Å²) in [5.74, 6) is -1.32. The molecule has 0 saturated carbocycles. The molecule has 1 aliphatic rings. The third kappa shape index (κ3) is 5.04. The van der Waals surface area contributed by atoms with Gasteiger partial charge in [-0.1, -0.05) is 19.3 Å². The van der Waals surface area contributed by atoms with Crippen LogP contribution < -0.4 is 5.32 Å². The first kappa shape index (κ1) is 13.8. The Hall–Kier alpha value is -1.30.